The number of carboxylic acid groups (broad SMARTS) is 2. The Bertz CT molecular complexity index is 1700. The van der Waals surface area contributed by atoms with Gasteiger partial charge >= 0.3 is 24.1 Å². The number of halogens is 3. The van der Waals surface area contributed by atoms with Crippen molar-refractivity contribution in [3.8, 4) is 0 Å². The molecule has 2 aromatic rings. The smallest absolute Gasteiger partial charge is 0.373 e. The van der Waals surface area contributed by atoms with E-state index in [0.717, 1.165) is 14.9 Å². The van der Waals surface area contributed by atoms with E-state index in [1.165, 1.54) is 18.2 Å². The number of hydrogen-bond donors (Lipinski definition) is 3. The molecule has 0 unspecified atom stereocenters. The van der Waals surface area contributed by atoms with E-state index < -0.39 is 23.5 Å². The van der Waals surface area contributed by atoms with E-state index in [4.69, 9.17) is 32.8 Å². The average molecular weight is 902 g/mol. The number of carboxylic acids is 2. The lowest BCUT2D eigenvalue weighted by Gasteiger charge is -2.32. The monoisotopic (exact) mass is 899 g/mol. The topological polar surface area (TPSA) is 191 Å². The van der Waals surface area contributed by atoms with Crippen LogP contribution in [0.5, 0.6) is 0 Å². The highest BCUT2D eigenvalue weighted by atomic mass is 79.9. The molecule has 4 rings (SSSR count). The Morgan fingerprint density at radius 2 is 1.28 bits per heavy atom. The summed E-state index contributed by atoms with van der Waals surface area (Å²) >= 11 is 15.9. The van der Waals surface area contributed by atoms with Crippen molar-refractivity contribution in [2.24, 2.45) is 0 Å². The number of urea groups is 1. The zero-order chi connectivity index (χ0) is 41.4. The third-order valence-corrected chi connectivity index (χ3v) is 10.5. The molecule has 4 amide bonds. The highest BCUT2D eigenvalue weighted by Crippen LogP contribution is 2.37. The zero-order valence-electron chi connectivity index (χ0n) is 31.4. The Morgan fingerprint density at radius 3 is 1.77 bits per heavy atom. The van der Waals surface area contributed by atoms with Crippen molar-refractivity contribution < 1.29 is 43.8 Å². The highest BCUT2D eigenvalue weighted by Gasteiger charge is 2.54. The second-order valence-corrected chi connectivity index (χ2v) is 15.6. The minimum absolute atomic E-state index is 0. The van der Waals surface area contributed by atoms with Gasteiger partial charge in [0.25, 0.3) is 5.91 Å². The summed E-state index contributed by atoms with van der Waals surface area (Å²) in [4.78, 5) is 90.6. The number of imide groups is 1. The minimum Gasteiger partial charge on any atom is -0.480 e. The number of aliphatic carboxylic acids is 2. The fraction of sp³-hybridized carbons (Fsp3) is 0.526. The first-order valence-electron chi connectivity index (χ1n) is 18.0. The third-order valence-electron chi connectivity index (χ3n) is 9.53. The lowest BCUT2D eigenvalue weighted by Crippen LogP contribution is -2.49. The van der Waals surface area contributed by atoms with Gasteiger partial charge in [0.2, 0.25) is 5.91 Å². The van der Waals surface area contributed by atoms with Gasteiger partial charge < -0.3 is 25.3 Å². The van der Waals surface area contributed by atoms with E-state index in [1.54, 1.807) is 16.7 Å². The summed E-state index contributed by atoms with van der Waals surface area (Å²) in [5.41, 5.74) is 0.00728. The molecule has 2 heterocycles. The summed E-state index contributed by atoms with van der Waals surface area (Å²) in [6.45, 7) is 6.29. The molecule has 57 heavy (non-hydrogen) atoms. The van der Waals surface area contributed by atoms with Crippen LogP contribution in [0, 0.1) is 0 Å². The largest absolute Gasteiger partial charge is 0.480 e. The van der Waals surface area contributed by atoms with Crippen molar-refractivity contribution in [1.82, 2.24) is 29.8 Å². The van der Waals surface area contributed by atoms with E-state index in [-0.39, 0.29) is 51.6 Å². The Hall–Kier alpha value is -3.93. The number of hydrogen-bond acceptors (Lipinski definition) is 11. The van der Waals surface area contributed by atoms with Crippen molar-refractivity contribution in [1.29, 1.82) is 0 Å². The fourth-order valence-corrected chi connectivity index (χ4v) is 7.34. The zero-order valence-corrected chi connectivity index (χ0v) is 34.5. The number of anilines is 1. The first kappa shape index (κ1) is 49.2. The Kier molecular flexibility index (Phi) is 20.8. The van der Waals surface area contributed by atoms with Crippen molar-refractivity contribution in [2.45, 2.75) is 39.2 Å². The number of unbranched alkanes of at least 4 members (excludes halogenated alkanes) is 1. The maximum absolute atomic E-state index is 14.0. The molecule has 314 valence electrons. The van der Waals surface area contributed by atoms with Gasteiger partial charge in [0.05, 0.1) is 25.3 Å². The van der Waals surface area contributed by atoms with E-state index in [2.05, 4.69) is 26.1 Å². The lowest BCUT2D eigenvalue weighted by atomic mass is 9.91. The maximum Gasteiger partial charge on any atom is 0.373 e. The predicted molar refractivity (Wildman–Crippen MR) is 218 cm³/mol. The van der Waals surface area contributed by atoms with Crippen LogP contribution in [0.4, 0.5) is 10.5 Å². The molecule has 1 atom stereocenters. The second-order valence-electron chi connectivity index (χ2n) is 13.8. The normalized spacial score (nSPS) is 19.0. The predicted octanol–water partition coefficient (Wildman–Crippen LogP) is 3.50. The molecule has 0 aromatic heterocycles. The van der Waals surface area contributed by atoms with Crippen LogP contribution in [0.15, 0.2) is 46.9 Å². The van der Waals surface area contributed by atoms with Gasteiger partial charge in [-0.15, -0.1) is 0 Å². The number of carbonyl (C=O) groups is 5. The first-order valence-corrected chi connectivity index (χ1v) is 19.5. The quantitative estimate of drug-likeness (QED) is 0.185. The van der Waals surface area contributed by atoms with Gasteiger partial charge in [-0.1, -0.05) is 58.7 Å². The van der Waals surface area contributed by atoms with Gasteiger partial charge in [0.15, 0.2) is 0 Å². The van der Waals surface area contributed by atoms with Crippen LogP contribution in [-0.2, 0) is 35.2 Å². The standard InChI is InChI=1S/C36H48BrCl2N7O7.CO2.CH4/c1-36(22-26-5-7-27(37)8-6-26)34(52)46(30-20-28(38)19-29(39)21-30)35(53)45(36)10-4-3-9-40-31(47)23-42-13-11-41(2)12-14-43(24-32(48)49)17-18-44(16-15-42)25-33(50)51;2-1-3;/h5-8,19-21H,3-4,9-18,22-25H2,1-2H3,(H,40,47)(H,48,49)(H,50,51);;1H4/t36-;;/m0../s1. The van der Waals surface area contributed by atoms with E-state index >= 15 is 0 Å². The average Bonchev–Trinajstić information content (AvgIpc) is 3.29. The van der Waals surface area contributed by atoms with Gasteiger partial charge in [-0.3, -0.25) is 33.9 Å². The summed E-state index contributed by atoms with van der Waals surface area (Å²) in [6, 6.07) is 11.8. The van der Waals surface area contributed by atoms with Crippen LogP contribution >= 0.6 is 39.1 Å². The molecule has 2 aliphatic heterocycles. The van der Waals surface area contributed by atoms with E-state index in [9.17, 15) is 34.2 Å². The number of carbonyl (C=O) groups excluding carboxylic acids is 5. The maximum atomic E-state index is 14.0. The molecule has 0 saturated carbocycles. The van der Waals surface area contributed by atoms with Crippen LogP contribution in [0.1, 0.15) is 32.8 Å². The highest BCUT2D eigenvalue weighted by molar-refractivity contribution is 9.10. The Morgan fingerprint density at radius 1 is 0.807 bits per heavy atom. The second kappa shape index (κ2) is 24.1. The molecule has 0 spiro atoms. The fourth-order valence-electron chi connectivity index (χ4n) is 6.56. The summed E-state index contributed by atoms with van der Waals surface area (Å²) < 4.78 is 0.899. The molecule has 2 aliphatic rings. The third kappa shape index (κ3) is 15.7. The van der Waals surface area contributed by atoms with Crippen LogP contribution in [0.25, 0.3) is 0 Å². The lowest BCUT2D eigenvalue weighted by molar-refractivity contribution is -0.191. The molecule has 3 N–H and O–H groups in total. The number of nitrogens with one attached hydrogen (secondary N) is 1. The summed E-state index contributed by atoms with van der Waals surface area (Å²) in [5, 5.41) is 22.3. The number of rotatable bonds is 14. The van der Waals surface area contributed by atoms with Crippen molar-refractivity contribution in [3.63, 3.8) is 0 Å². The number of nitrogens with zero attached hydrogens (tertiary/aromatic N) is 6. The van der Waals surface area contributed by atoms with Crippen LogP contribution in [-0.4, -0.2) is 168 Å². The van der Waals surface area contributed by atoms with Gasteiger partial charge in [-0.25, -0.2) is 9.69 Å². The van der Waals surface area contributed by atoms with E-state index in [1.807, 2.05) is 41.1 Å². The van der Waals surface area contributed by atoms with Gasteiger partial charge in [0.1, 0.15) is 5.54 Å². The Balaban J connectivity index is 0.00000271. The van der Waals surface area contributed by atoms with E-state index in [0.29, 0.717) is 93.9 Å². The molecule has 2 saturated heterocycles. The molecular formula is C38H52BrCl2N7O9. The van der Waals surface area contributed by atoms with Crippen LogP contribution in [0.3, 0.4) is 0 Å². The molecule has 2 fully saturated rings. The van der Waals surface area contributed by atoms with Crippen molar-refractivity contribution >= 4 is 80.8 Å². The van der Waals surface area contributed by atoms with Crippen molar-refractivity contribution in [3.05, 3.63) is 62.5 Å². The molecule has 0 bridgehead atoms. The van der Waals surface area contributed by atoms with Gasteiger partial charge in [-0.2, -0.15) is 9.59 Å². The molecule has 0 radical (unpaired) electrons. The number of benzene rings is 2. The Labute approximate surface area is 351 Å². The van der Waals surface area contributed by atoms with Crippen LogP contribution < -0.4 is 10.2 Å². The molecular weight excluding hydrogens is 849 g/mol. The number of amides is 4. The number of likely N-dealkylation sites (N-methyl/N-ethyl adjacent to an activating group) is 1. The van der Waals surface area contributed by atoms with Crippen LogP contribution in [0.2, 0.25) is 10.0 Å². The molecule has 16 nitrogen and oxygen atoms in total. The molecule has 0 aliphatic carbocycles. The SMILES string of the molecule is C.CN1CCN(CC(=O)O)CCN(CC(=O)O)CCN(CC(=O)NCCCCN2C(=O)N(c3cc(Cl)cc(Cl)c3)C(=O)[C@]2(C)Cc2ccc(Br)cc2)CC1.O=C=O. The summed E-state index contributed by atoms with van der Waals surface area (Å²) in [5.74, 6) is -2.45. The first-order chi connectivity index (χ1) is 26.6. The van der Waals surface area contributed by atoms with Crippen molar-refractivity contribution in [2.75, 3.05) is 97.0 Å². The summed E-state index contributed by atoms with van der Waals surface area (Å²) in [6.07, 6.45) is 1.63. The molecule has 2 aromatic carbocycles. The minimum atomic E-state index is -1.18. The van der Waals surface area contributed by atoms with Gasteiger partial charge in [0, 0.05) is 86.4 Å². The van der Waals surface area contributed by atoms with Gasteiger partial charge in [-0.05, 0) is 62.7 Å². The molecule has 19 heteroatoms. The summed E-state index contributed by atoms with van der Waals surface area (Å²) in [7, 11) is 1.95.